The zero-order valence-electron chi connectivity index (χ0n) is 27.4. The van der Waals surface area contributed by atoms with E-state index in [0.717, 1.165) is 78.7 Å². The minimum atomic E-state index is 0.815. The minimum Gasteiger partial charge on any atom is -0.497 e. The number of hydrogen-bond acceptors (Lipinski definition) is 6. The van der Waals surface area contributed by atoms with Crippen molar-refractivity contribution in [2.45, 2.75) is 0 Å². The third kappa shape index (κ3) is 6.04. The summed E-state index contributed by atoms with van der Waals surface area (Å²) in [5.41, 5.74) is 6.23. The van der Waals surface area contributed by atoms with Gasteiger partial charge in [0.2, 0.25) is 0 Å². The molecule has 0 radical (unpaired) electrons. The molecule has 0 saturated heterocycles. The Morgan fingerprint density at radius 1 is 0.271 bits per heavy atom. The van der Waals surface area contributed by atoms with Crippen LogP contribution >= 0.6 is 0 Å². The Morgan fingerprint density at radius 2 is 0.521 bits per heavy atom. The van der Waals surface area contributed by atoms with Gasteiger partial charge < -0.3 is 28.7 Å². The van der Waals surface area contributed by atoms with Crippen molar-refractivity contribution in [3.63, 3.8) is 0 Å². The number of ether oxygens (including phenoxy) is 4. The highest BCUT2D eigenvalue weighted by atomic mass is 16.5. The number of rotatable bonds is 10. The Hall–Kier alpha value is -6.14. The second-order valence-corrected chi connectivity index (χ2v) is 11.4. The van der Waals surface area contributed by atoms with Gasteiger partial charge in [-0.25, -0.2) is 0 Å². The van der Waals surface area contributed by atoms with Crippen LogP contribution in [0.1, 0.15) is 0 Å². The molecule has 6 nitrogen and oxygen atoms in total. The van der Waals surface area contributed by atoms with Gasteiger partial charge in [-0.3, -0.25) is 0 Å². The molecule has 7 rings (SSSR count). The highest BCUT2D eigenvalue weighted by molar-refractivity contribution is 6.01. The normalized spacial score (nSPS) is 10.9. The molecule has 0 aromatic heterocycles. The summed E-state index contributed by atoms with van der Waals surface area (Å²) in [7, 11) is 6.73. The van der Waals surface area contributed by atoms with Crippen LogP contribution in [0.2, 0.25) is 0 Å². The summed E-state index contributed by atoms with van der Waals surface area (Å²) in [5.74, 6) is 3.26. The van der Waals surface area contributed by atoms with Crippen molar-refractivity contribution in [1.82, 2.24) is 0 Å². The van der Waals surface area contributed by atoms with Gasteiger partial charge in [0.05, 0.1) is 28.4 Å². The van der Waals surface area contributed by atoms with Crippen LogP contribution < -0.4 is 28.7 Å². The van der Waals surface area contributed by atoms with E-state index in [9.17, 15) is 0 Å². The lowest BCUT2D eigenvalue weighted by Crippen LogP contribution is -2.10. The van der Waals surface area contributed by atoms with Gasteiger partial charge in [0.25, 0.3) is 0 Å². The monoisotopic (exact) mass is 632 g/mol. The van der Waals surface area contributed by atoms with E-state index < -0.39 is 0 Å². The molecule has 48 heavy (non-hydrogen) atoms. The molecular weight excluding hydrogens is 596 g/mol. The van der Waals surface area contributed by atoms with E-state index in [-0.39, 0.29) is 0 Å². The smallest absolute Gasteiger partial charge is 0.119 e. The molecule has 0 aliphatic rings. The topological polar surface area (TPSA) is 43.4 Å². The first-order valence-corrected chi connectivity index (χ1v) is 15.7. The third-order valence-electron chi connectivity index (χ3n) is 8.60. The van der Waals surface area contributed by atoms with E-state index in [1.807, 2.05) is 48.5 Å². The second kappa shape index (κ2) is 13.3. The summed E-state index contributed by atoms with van der Waals surface area (Å²) < 4.78 is 21.7. The van der Waals surface area contributed by atoms with Crippen LogP contribution in [0, 0.1) is 0 Å². The Labute approximate surface area is 280 Å². The van der Waals surface area contributed by atoms with Crippen molar-refractivity contribution >= 4 is 55.7 Å². The number of methoxy groups -OCH3 is 4. The molecule has 0 bridgehead atoms. The summed E-state index contributed by atoms with van der Waals surface area (Å²) >= 11 is 0. The molecule has 0 N–H and O–H groups in total. The molecule has 0 unspecified atom stereocenters. The molecule has 238 valence electrons. The molecule has 0 fully saturated rings. The molecular formula is C42H36N2O4. The summed E-state index contributed by atoms with van der Waals surface area (Å²) in [6, 6.07) is 50.3. The molecule has 0 heterocycles. The van der Waals surface area contributed by atoms with Crippen molar-refractivity contribution in [2.75, 3.05) is 38.2 Å². The molecule has 7 aromatic carbocycles. The average Bonchev–Trinajstić information content (AvgIpc) is 3.15. The van der Waals surface area contributed by atoms with Gasteiger partial charge in [-0.15, -0.1) is 0 Å². The van der Waals surface area contributed by atoms with Crippen LogP contribution in [0.25, 0.3) is 21.5 Å². The van der Waals surface area contributed by atoms with E-state index >= 15 is 0 Å². The van der Waals surface area contributed by atoms with E-state index in [2.05, 4.69) is 107 Å². The first-order valence-electron chi connectivity index (χ1n) is 15.7. The standard InChI is InChI=1S/C42H36N2O4/c1-45-39-17-9-33(10-18-39)43(34-11-19-40(46-2)20-12-34)37-7-5-29-26-32-28-38(8-6-30(32)25-31(29)27-37)44(35-13-21-41(47-3)22-14-35)36-15-23-42(48-4)24-16-36/h5-28H,1-4H3. The zero-order chi connectivity index (χ0) is 33.0. The van der Waals surface area contributed by atoms with Crippen LogP contribution in [0.5, 0.6) is 23.0 Å². The summed E-state index contributed by atoms with van der Waals surface area (Å²) in [6.45, 7) is 0. The second-order valence-electron chi connectivity index (χ2n) is 11.4. The van der Waals surface area contributed by atoms with Gasteiger partial charge in [-0.1, -0.05) is 12.1 Å². The fraction of sp³-hybridized carbons (Fsp3) is 0.0952. The third-order valence-corrected chi connectivity index (χ3v) is 8.60. The van der Waals surface area contributed by atoms with E-state index in [1.54, 1.807) is 28.4 Å². The SMILES string of the molecule is COc1ccc(N(c2ccc(OC)cc2)c2ccc3cc4cc(N(c5ccc(OC)cc5)c5ccc(OC)cc5)ccc4cc3c2)cc1. The van der Waals surface area contributed by atoms with Gasteiger partial charge in [0.15, 0.2) is 0 Å². The summed E-state index contributed by atoms with van der Waals surface area (Å²) in [6.07, 6.45) is 0. The summed E-state index contributed by atoms with van der Waals surface area (Å²) in [5, 5.41) is 4.63. The molecule has 6 heteroatoms. The van der Waals surface area contributed by atoms with Crippen molar-refractivity contribution in [3.8, 4) is 23.0 Å². The number of fused-ring (bicyclic) bond motifs is 2. The number of anilines is 6. The van der Waals surface area contributed by atoms with Crippen LogP contribution in [0.15, 0.2) is 146 Å². The molecule has 0 saturated carbocycles. The van der Waals surface area contributed by atoms with Gasteiger partial charge in [0, 0.05) is 34.1 Å². The predicted octanol–water partition coefficient (Wildman–Crippen LogP) is 11.0. The van der Waals surface area contributed by atoms with Gasteiger partial charge >= 0.3 is 0 Å². The number of hydrogen-bond donors (Lipinski definition) is 0. The van der Waals surface area contributed by atoms with E-state index in [4.69, 9.17) is 18.9 Å². The first-order chi connectivity index (χ1) is 23.6. The molecule has 0 spiro atoms. The van der Waals surface area contributed by atoms with E-state index in [0.29, 0.717) is 0 Å². The van der Waals surface area contributed by atoms with Crippen LogP contribution in [0.4, 0.5) is 34.1 Å². The Bertz CT molecular complexity index is 1910. The molecule has 0 atom stereocenters. The zero-order valence-corrected chi connectivity index (χ0v) is 27.4. The lowest BCUT2D eigenvalue weighted by molar-refractivity contribution is 0.414. The number of benzene rings is 7. The largest absolute Gasteiger partial charge is 0.497 e. The lowest BCUT2D eigenvalue weighted by atomic mass is 10.0. The van der Waals surface area contributed by atoms with E-state index in [1.165, 1.54) is 0 Å². The van der Waals surface area contributed by atoms with Gasteiger partial charge in [-0.05, 0) is 155 Å². The maximum atomic E-state index is 5.43. The fourth-order valence-corrected chi connectivity index (χ4v) is 6.07. The maximum absolute atomic E-state index is 5.43. The molecule has 0 amide bonds. The van der Waals surface area contributed by atoms with Crippen LogP contribution in [-0.2, 0) is 0 Å². The molecule has 0 aliphatic heterocycles. The maximum Gasteiger partial charge on any atom is 0.119 e. The highest BCUT2D eigenvalue weighted by Gasteiger charge is 2.16. The van der Waals surface area contributed by atoms with Crippen molar-refractivity contribution in [3.05, 3.63) is 146 Å². The van der Waals surface area contributed by atoms with Crippen molar-refractivity contribution in [1.29, 1.82) is 0 Å². The van der Waals surface area contributed by atoms with Crippen molar-refractivity contribution in [2.24, 2.45) is 0 Å². The van der Waals surface area contributed by atoms with Crippen LogP contribution in [-0.4, -0.2) is 28.4 Å². The minimum absolute atomic E-state index is 0.815. The van der Waals surface area contributed by atoms with Gasteiger partial charge in [-0.2, -0.15) is 0 Å². The highest BCUT2D eigenvalue weighted by Crippen LogP contribution is 2.40. The average molecular weight is 633 g/mol. The predicted molar refractivity (Wildman–Crippen MR) is 197 cm³/mol. The first kappa shape index (κ1) is 30.5. The Kier molecular flexibility index (Phi) is 8.46. The Morgan fingerprint density at radius 3 is 0.771 bits per heavy atom. The quantitative estimate of drug-likeness (QED) is 0.140. The van der Waals surface area contributed by atoms with Crippen molar-refractivity contribution < 1.29 is 18.9 Å². The van der Waals surface area contributed by atoms with Crippen LogP contribution in [0.3, 0.4) is 0 Å². The summed E-state index contributed by atoms with van der Waals surface area (Å²) in [4.78, 5) is 4.49. The van der Waals surface area contributed by atoms with Gasteiger partial charge in [0.1, 0.15) is 23.0 Å². The Balaban J connectivity index is 1.30. The lowest BCUT2D eigenvalue weighted by Gasteiger charge is -2.26. The fourth-order valence-electron chi connectivity index (χ4n) is 6.07. The molecule has 0 aliphatic carbocycles. The number of nitrogens with zero attached hydrogens (tertiary/aromatic N) is 2. The molecule has 7 aromatic rings.